The maximum absolute atomic E-state index is 13.2. The molecule has 1 unspecified atom stereocenters. The summed E-state index contributed by atoms with van der Waals surface area (Å²) in [5, 5.41) is 2.80. The summed E-state index contributed by atoms with van der Waals surface area (Å²) in [5.74, 6) is -0.162. The minimum absolute atomic E-state index is 0.0506. The van der Waals surface area contributed by atoms with Crippen molar-refractivity contribution < 1.29 is 13.9 Å². The number of rotatable bonds is 5. The third-order valence-corrected chi connectivity index (χ3v) is 3.03. The maximum atomic E-state index is 13.2. The number of amides is 1. The van der Waals surface area contributed by atoms with Crippen LogP contribution in [0.15, 0.2) is 18.2 Å². The van der Waals surface area contributed by atoms with E-state index in [2.05, 4.69) is 5.32 Å². The summed E-state index contributed by atoms with van der Waals surface area (Å²) in [5.41, 5.74) is 0.351. The predicted octanol–water partition coefficient (Wildman–Crippen LogP) is 2.83. The Morgan fingerprint density at radius 3 is 2.67 bits per heavy atom. The third kappa shape index (κ3) is 3.60. The van der Waals surface area contributed by atoms with Crippen molar-refractivity contribution >= 4 is 17.5 Å². The first-order valence-corrected chi connectivity index (χ1v) is 6.23. The van der Waals surface area contributed by atoms with E-state index in [0.29, 0.717) is 11.4 Å². The Morgan fingerprint density at radius 1 is 1.50 bits per heavy atom. The van der Waals surface area contributed by atoms with Crippen molar-refractivity contribution in [2.24, 2.45) is 5.92 Å². The second-order valence-corrected chi connectivity index (χ2v) is 4.64. The Labute approximate surface area is 111 Å². The van der Waals surface area contributed by atoms with E-state index in [1.54, 1.807) is 0 Å². The molecule has 1 atom stereocenters. The molecule has 18 heavy (non-hydrogen) atoms. The van der Waals surface area contributed by atoms with E-state index in [0.717, 1.165) is 0 Å². The molecule has 1 amide bonds. The largest absolute Gasteiger partial charge is 0.494 e. The molecular weight excluding hydrogens is 257 g/mol. The van der Waals surface area contributed by atoms with Crippen LogP contribution in [0.2, 0.25) is 0 Å². The van der Waals surface area contributed by atoms with E-state index < -0.39 is 5.82 Å². The van der Waals surface area contributed by atoms with Gasteiger partial charge in [0.25, 0.3) is 5.91 Å². The monoisotopic (exact) mass is 273 g/mol. The van der Waals surface area contributed by atoms with Crippen LogP contribution < -0.4 is 10.1 Å². The Hall–Kier alpha value is -1.29. The van der Waals surface area contributed by atoms with Crippen LogP contribution in [0.25, 0.3) is 0 Å². The average molecular weight is 274 g/mol. The highest BCUT2D eigenvalue weighted by Crippen LogP contribution is 2.18. The molecule has 0 aliphatic heterocycles. The molecule has 0 bridgehead atoms. The molecule has 1 aromatic carbocycles. The lowest BCUT2D eigenvalue weighted by Crippen LogP contribution is -2.39. The van der Waals surface area contributed by atoms with Gasteiger partial charge in [0.2, 0.25) is 0 Å². The van der Waals surface area contributed by atoms with Gasteiger partial charge in [-0.2, -0.15) is 0 Å². The number of halogens is 2. The van der Waals surface area contributed by atoms with Gasteiger partial charge in [0.1, 0.15) is 0 Å². The highest BCUT2D eigenvalue weighted by molar-refractivity contribution is 6.18. The quantitative estimate of drug-likeness (QED) is 0.838. The predicted molar refractivity (Wildman–Crippen MR) is 69.8 cm³/mol. The Bertz CT molecular complexity index is 423. The molecule has 0 aliphatic carbocycles. The van der Waals surface area contributed by atoms with Crippen LogP contribution in [0, 0.1) is 11.7 Å². The maximum Gasteiger partial charge on any atom is 0.251 e. The van der Waals surface area contributed by atoms with Crippen molar-refractivity contribution in [1.29, 1.82) is 0 Å². The standard InChI is InChI=1S/C13H17ClFNO2/c1-8(2)11(7-14)16-13(17)9-4-5-10(15)12(6-9)18-3/h4-6,8,11H,7H2,1-3H3,(H,16,17). The molecule has 1 aromatic rings. The van der Waals surface area contributed by atoms with Gasteiger partial charge in [-0.25, -0.2) is 4.39 Å². The van der Waals surface area contributed by atoms with Crippen LogP contribution in [-0.4, -0.2) is 24.9 Å². The van der Waals surface area contributed by atoms with Gasteiger partial charge in [0.05, 0.1) is 7.11 Å². The number of alkyl halides is 1. The molecule has 1 N–H and O–H groups in total. The summed E-state index contributed by atoms with van der Waals surface area (Å²) in [6, 6.07) is 3.88. The van der Waals surface area contributed by atoms with Crippen LogP contribution in [-0.2, 0) is 0 Å². The molecule has 0 saturated heterocycles. The number of nitrogens with one attached hydrogen (secondary N) is 1. The second-order valence-electron chi connectivity index (χ2n) is 4.33. The summed E-state index contributed by atoms with van der Waals surface area (Å²) in [6.45, 7) is 3.94. The Kier molecular flexibility index (Phi) is 5.41. The van der Waals surface area contributed by atoms with Crippen molar-refractivity contribution in [3.05, 3.63) is 29.6 Å². The first kappa shape index (κ1) is 14.8. The van der Waals surface area contributed by atoms with Gasteiger partial charge < -0.3 is 10.1 Å². The number of benzene rings is 1. The van der Waals surface area contributed by atoms with Gasteiger partial charge in [0, 0.05) is 17.5 Å². The van der Waals surface area contributed by atoms with Gasteiger partial charge in [-0.05, 0) is 24.1 Å². The van der Waals surface area contributed by atoms with Gasteiger partial charge in [-0.15, -0.1) is 11.6 Å². The zero-order valence-electron chi connectivity index (χ0n) is 10.7. The highest BCUT2D eigenvalue weighted by atomic mass is 35.5. The van der Waals surface area contributed by atoms with E-state index in [-0.39, 0.29) is 23.6 Å². The van der Waals surface area contributed by atoms with Gasteiger partial charge in [0.15, 0.2) is 11.6 Å². The van der Waals surface area contributed by atoms with Crippen LogP contribution >= 0.6 is 11.6 Å². The molecule has 100 valence electrons. The fraction of sp³-hybridized carbons (Fsp3) is 0.462. The van der Waals surface area contributed by atoms with E-state index in [9.17, 15) is 9.18 Å². The smallest absolute Gasteiger partial charge is 0.251 e. The van der Waals surface area contributed by atoms with Crippen molar-refractivity contribution in [3.8, 4) is 5.75 Å². The van der Waals surface area contributed by atoms with Gasteiger partial charge >= 0.3 is 0 Å². The number of carbonyl (C=O) groups excluding carboxylic acids is 1. The summed E-state index contributed by atoms with van der Waals surface area (Å²) in [6.07, 6.45) is 0. The molecule has 0 saturated carbocycles. The van der Waals surface area contributed by atoms with Gasteiger partial charge in [-0.3, -0.25) is 4.79 Å². The molecule has 0 radical (unpaired) electrons. The second kappa shape index (κ2) is 6.59. The topological polar surface area (TPSA) is 38.3 Å². The van der Waals surface area contributed by atoms with Gasteiger partial charge in [-0.1, -0.05) is 13.8 Å². The summed E-state index contributed by atoms with van der Waals surface area (Å²) >= 11 is 5.78. The zero-order chi connectivity index (χ0) is 13.7. The third-order valence-electron chi connectivity index (χ3n) is 2.70. The van der Waals surface area contributed by atoms with E-state index in [1.165, 1.54) is 25.3 Å². The number of hydrogen-bond donors (Lipinski definition) is 1. The normalized spacial score (nSPS) is 12.3. The van der Waals surface area contributed by atoms with Crippen molar-refractivity contribution in [2.75, 3.05) is 13.0 Å². The minimum atomic E-state index is -0.494. The Balaban J connectivity index is 2.84. The SMILES string of the molecule is COc1cc(C(=O)NC(CCl)C(C)C)ccc1F. The van der Waals surface area contributed by atoms with Crippen molar-refractivity contribution in [3.63, 3.8) is 0 Å². The zero-order valence-corrected chi connectivity index (χ0v) is 11.4. The number of hydrogen-bond acceptors (Lipinski definition) is 2. The van der Waals surface area contributed by atoms with Crippen LogP contribution in [0.5, 0.6) is 5.75 Å². The van der Waals surface area contributed by atoms with Crippen LogP contribution in [0.4, 0.5) is 4.39 Å². The molecule has 0 aliphatic rings. The van der Waals surface area contributed by atoms with Crippen LogP contribution in [0.3, 0.4) is 0 Å². The fourth-order valence-electron chi connectivity index (χ4n) is 1.44. The molecule has 3 nitrogen and oxygen atoms in total. The Morgan fingerprint density at radius 2 is 2.17 bits per heavy atom. The molecule has 1 rings (SSSR count). The number of carbonyl (C=O) groups is 1. The number of ether oxygens (including phenoxy) is 1. The van der Waals surface area contributed by atoms with E-state index in [4.69, 9.17) is 16.3 Å². The molecule has 0 spiro atoms. The first-order chi connectivity index (χ1) is 8.49. The summed E-state index contributed by atoms with van der Waals surface area (Å²) < 4.78 is 18.0. The average Bonchev–Trinajstić information content (AvgIpc) is 2.35. The molecule has 5 heteroatoms. The van der Waals surface area contributed by atoms with Crippen molar-refractivity contribution in [2.45, 2.75) is 19.9 Å². The van der Waals surface area contributed by atoms with E-state index >= 15 is 0 Å². The molecule has 0 heterocycles. The molecule has 0 aromatic heterocycles. The van der Waals surface area contributed by atoms with E-state index in [1.807, 2.05) is 13.8 Å². The van der Waals surface area contributed by atoms with Crippen molar-refractivity contribution in [1.82, 2.24) is 5.32 Å². The minimum Gasteiger partial charge on any atom is -0.494 e. The molecule has 0 fully saturated rings. The lowest BCUT2D eigenvalue weighted by Gasteiger charge is -2.19. The summed E-state index contributed by atoms with van der Waals surface area (Å²) in [7, 11) is 1.36. The fourth-order valence-corrected chi connectivity index (χ4v) is 1.87. The summed E-state index contributed by atoms with van der Waals surface area (Å²) in [4.78, 5) is 12.0. The lowest BCUT2D eigenvalue weighted by atomic mass is 10.1. The van der Waals surface area contributed by atoms with Crippen LogP contribution in [0.1, 0.15) is 24.2 Å². The highest BCUT2D eigenvalue weighted by Gasteiger charge is 2.17. The lowest BCUT2D eigenvalue weighted by molar-refractivity contribution is 0.0930. The molecular formula is C13H17ClFNO2. The first-order valence-electron chi connectivity index (χ1n) is 5.70. The number of methoxy groups -OCH3 is 1.